The number of hydrogen-bond donors (Lipinski definition) is 2. The van der Waals surface area contributed by atoms with Gasteiger partial charge in [0.25, 0.3) is 0 Å². The van der Waals surface area contributed by atoms with Crippen LogP contribution in [0.25, 0.3) is 27.9 Å². The molecule has 32 heavy (non-hydrogen) atoms. The van der Waals surface area contributed by atoms with E-state index in [1.807, 2.05) is 25.1 Å². The predicted molar refractivity (Wildman–Crippen MR) is 116 cm³/mol. The van der Waals surface area contributed by atoms with E-state index in [2.05, 4.69) is 25.4 Å². The van der Waals surface area contributed by atoms with Crippen LogP contribution in [0.3, 0.4) is 0 Å². The Morgan fingerprint density at radius 1 is 1.19 bits per heavy atom. The largest absolute Gasteiger partial charge is 0.494 e. The lowest BCUT2D eigenvalue weighted by Gasteiger charge is -2.08. The van der Waals surface area contributed by atoms with Gasteiger partial charge in [0, 0.05) is 10.9 Å². The predicted octanol–water partition coefficient (Wildman–Crippen LogP) is 3.51. The SMILES string of the molecule is COc1cccc2c1nc(N)n1nc(CN[C@@H](C)c3ncc(-c4ccc(F)cc4)o3)nc21. The van der Waals surface area contributed by atoms with Crippen molar-refractivity contribution in [3.63, 3.8) is 0 Å². The monoisotopic (exact) mass is 433 g/mol. The summed E-state index contributed by atoms with van der Waals surface area (Å²) in [7, 11) is 1.58. The summed E-state index contributed by atoms with van der Waals surface area (Å²) in [6.07, 6.45) is 1.62. The van der Waals surface area contributed by atoms with Crippen LogP contribution < -0.4 is 15.8 Å². The first-order valence-corrected chi connectivity index (χ1v) is 9.96. The highest BCUT2D eigenvalue weighted by Crippen LogP contribution is 2.27. The Labute approximate surface area is 182 Å². The Kier molecular flexibility index (Phi) is 4.91. The lowest BCUT2D eigenvalue weighted by atomic mass is 10.2. The fourth-order valence-electron chi connectivity index (χ4n) is 3.48. The second-order valence-electron chi connectivity index (χ2n) is 7.26. The Balaban J connectivity index is 1.37. The van der Waals surface area contributed by atoms with Crippen LogP contribution in [0.1, 0.15) is 24.7 Å². The third kappa shape index (κ3) is 3.50. The normalized spacial score (nSPS) is 12.5. The van der Waals surface area contributed by atoms with Crippen LogP contribution in [-0.2, 0) is 6.54 Å². The highest BCUT2D eigenvalue weighted by Gasteiger charge is 2.17. The Bertz CT molecular complexity index is 1410. The number of para-hydroxylation sites is 1. The van der Waals surface area contributed by atoms with E-state index in [1.54, 1.807) is 25.4 Å². The van der Waals surface area contributed by atoms with Crippen molar-refractivity contribution in [2.45, 2.75) is 19.5 Å². The molecular weight excluding hydrogens is 413 g/mol. The maximum Gasteiger partial charge on any atom is 0.223 e. The molecule has 5 rings (SSSR count). The maximum absolute atomic E-state index is 13.1. The number of fused-ring (bicyclic) bond motifs is 3. The standard InChI is InChI=1S/C22H20FN7O2/c1-12(21-26-10-17(32-21)13-6-8-14(23)9-7-13)25-11-18-27-20-15-4-3-5-16(31-2)19(15)28-22(24)30(20)29-18/h3-10,12,25H,11H2,1-2H3,(H2,24,28)/t12-/m0/s1. The van der Waals surface area contributed by atoms with Crippen LogP contribution in [0.2, 0.25) is 0 Å². The molecule has 0 fully saturated rings. The highest BCUT2D eigenvalue weighted by atomic mass is 19.1. The van der Waals surface area contributed by atoms with Gasteiger partial charge in [-0.05, 0) is 43.3 Å². The summed E-state index contributed by atoms with van der Waals surface area (Å²) in [4.78, 5) is 13.4. The van der Waals surface area contributed by atoms with Gasteiger partial charge in [-0.3, -0.25) is 5.32 Å². The lowest BCUT2D eigenvalue weighted by Crippen LogP contribution is -2.19. The molecule has 0 unspecified atom stereocenters. The second kappa shape index (κ2) is 7.89. The van der Waals surface area contributed by atoms with Gasteiger partial charge in [-0.25, -0.2) is 19.3 Å². The molecule has 0 spiro atoms. The molecule has 2 aromatic carbocycles. The number of aromatic nitrogens is 5. The number of nitrogens with two attached hydrogens (primary N) is 1. The molecule has 5 aromatic rings. The molecule has 3 aromatic heterocycles. The zero-order valence-electron chi connectivity index (χ0n) is 17.4. The third-order valence-corrected chi connectivity index (χ3v) is 5.14. The van der Waals surface area contributed by atoms with Crippen molar-refractivity contribution in [1.29, 1.82) is 0 Å². The number of methoxy groups -OCH3 is 1. The summed E-state index contributed by atoms with van der Waals surface area (Å²) < 4.78 is 25.9. The number of rotatable bonds is 6. The summed E-state index contributed by atoms with van der Waals surface area (Å²) in [5, 5.41) is 8.57. The molecule has 3 heterocycles. The molecule has 0 aliphatic heterocycles. The van der Waals surface area contributed by atoms with E-state index in [0.29, 0.717) is 40.9 Å². The number of nitrogen functional groups attached to an aromatic ring is 1. The number of nitrogens with zero attached hydrogens (tertiary/aromatic N) is 5. The molecule has 0 radical (unpaired) electrons. The molecule has 0 aliphatic carbocycles. The molecule has 0 saturated heterocycles. The van der Waals surface area contributed by atoms with Gasteiger partial charge in [0.2, 0.25) is 11.8 Å². The summed E-state index contributed by atoms with van der Waals surface area (Å²) >= 11 is 0. The van der Waals surface area contributed by atoms with Crippen LogP contribution in [0, 0.1) is 5.82 Å². The van der Waals surface area contributed by atoms with Crippen LogP contribution in [0.5, 0.6) is 5.75 Å². The van der Waals surface area contributed by atoms with Crippen molar-refractivity contribution >= 4 is 22.5 Å². The maximum atomic E-state index is 13.1. The third-order valence-electron chi connectivity index (χ3n) is 5.14. The first kappa shape index (κ1) is 19.9. The van der Waals surface area contributed by atoms with E-state index in [1.165, 1.54) is 16.6 Å². The average Bonchev–Trinajstić information content (AvgIpc) is 3.46. The van der Waals surface area contributed by atoms with Crippen LogP contribution in [-0.4, -0.2) is 31.7 Å². The molecule has 0 aliphatic rings. The van der Waals surface area contributed by atoms with Crippen LogP contribution >= 0.6 is 0 Å². The second-order valence-corrected chi connectivity index (χ2v) is 7.26. The van der Waals surface area contributed by atoms with E-state index in [0.717, 1.165) is 10.9 Å². The number of halogens is 1. The van der Waals surface area contributed by atoms with E-state index in [-0.39, 0.29) is 17.8 Å². The number of hydrogen-bond acceptors (Lipinski definition) is 8. The fraction of sp³-hybridized carbons (Fsp3) is 0.182. The zero-order valence-corrected chi connectivity index (χ0v) is 17.4. The van der Waals surface area contributed by atoms with E-state index < -0.39 is 0 Å². The summed E-state index contributed by atoms with van der Waals surface area (Å²) in [5.41, 5.74) is 8.09. The number of nitrogens with one attached hydrogen (secondary N) is 1. The van der Waals surface area contributed by atoms with Gasteiger partial charge in [-0.15, -0.1) is 5.10 Å². The number of oxazole rings is 1. The number of anilines is 1. The fourth-order valence-corrected chi connectivity index (χ4v) is 3.48. The van der Waals surface area contributed by atoms with Gasteiger partial charge in [0.1, 0.15) is 17.1 Å². The first-order chi connectivity index (χ1) is 15.5. The van der Waals surface area contributed by atoms with Gasteiger partial charge < -0.3 is 14.9 Å². The quantitative estimate of drug-likeness (QED) is 0.418. The van der Waals surface area contributed by atoms with Crippen molar-refractivity contribution in [1.82, 2.24) is 29.9 Å². The van der Waals surface area contributed by atoms with Crippen molar-refractivity contribution in [3.8, 4) is 17.1 Å². The molecule has 9 nitrogen and oxygen atoms in total. The first-order valence-electron chi connectivity index (χ1n) is 9.96. The summed E-state index contributed by atoms with van der Waals surface area (Å²) in [5.74, 6) is 2.16. The minimum atomic E-state index is -0.300. The van der Waals surface area contributed by atoms with Crippen LogP contribution in [0.15, 0.2) is 53.1 Å². The van der Waals surface area contributed by atoms with Crippen molar-refractivity contribution < 1.29 is 13.5 Å². The molecule has 0 saturated carbocycles. The number of benzene rings is 2. The van der Waals surface area contributed by atoms with Gasteiger partial charge in [-0.2, -0.15) is 4.52 Å². The molecule has 0 bridgehead atoms. The highest BCUT2D eigenvalue weighted by molar-refractivity contribution is 5.95. The summed E-state index contributed by atoms with van der Waals surface area (Å²) in [6.45, 7) is 2.29. The molecule has 162 valence electrons. The van der Waals surface area contributed by atoms with Gasteiger partial charge in [0.05, 0.1) is 25.9 Å². The molecule has 3 N–H and O–H groups in total. The molecule has 10 heteroatoms. The van der Waals surface area contributed by atoms with Gasteiger partial charge >= 0.3 is 0 Å². The minimum Gasteiger partial charge on any atom is -0.494 e. The molecular formula is C22H20FN7O2. The zero-order chi connectivity index (χ0) is 22.2. The van der Waals surface area contributed by atoms with Gasteiger partial charge in [-0.1, -0.05) is 6.07 Å². The summed E-state index contributed by atoms with van der Waals surface area (Å²) in [6, 6.07) is 11.5. The minimum absolute atomic E-state index is 0.205. The topological polar surface area (TPSA) is 116 Å². The van der Waals surface area contributed by atoms with E-state index in [4.69, 9.17) is 14.9 Å². The van der Waals surface area contributed by atoms with Gasteiger partial charge in [0.15, 0.2) is 17.2 Å². The van der Waals surface area contributed by atoms with E-state index >= 15 is 0 Å². The van der Waals surface area contributed by atoms with E-state index in [9.17, 15) is 4.39 Å². The average molecular weight is 433 g/mol. The number of ether oxygens (including phenoxy) is 1. The lowest BCUT2D eigenvalue weighted by molar-refractivity contribution is 0.418. The molecule has 0 amide bonds. The Morgan fingerprint density at radius 2 is 2.00 bits per heavy atom. The smallest absolute Gasteiger partial charge is 0.223 e. The Hall–Kier alpha value is -4.05. The van der Waals surface area contributed by atoms with Crippen molar-refractivity contribution in [2.75, 3.05) is 12.8 Å². The van der Waals surface area contributed by atoms with Crippen molar-refractivity contribution in [3.05, 3.63) is 66.2 Å². The molecule has 1 atom stereocenters. The Morgan fingerprint density at radius 3 is 2.78 bits per heavy atom. The van der Waals surface area contributed by atoms with Crippen LogP contribution in [0.4, 0.5) is 10.3 Å². The van der Waals surface area contributed by atoms with Crippen molar-refractivity contribution in [2.24, 2.45) is 0 Å².